The molecule has 5 heteroatoms. The van der Waals surface area contributed by atoms with Crippen LogP contribution in [0.4, 0.5) is 0 Å². The molecule has 4 nitrogen and oxygen atoms in total. The minimum atomic E-state index is -1.06. The quantitative estimate of drug-likeness (QED) is 0.740. The number of aromatic carboxylic acids is 1. The number of carboxylic acid groups (broad SMARTS) is 1. The van der Waals surface area contributed by atoms with Gasteiger partial charge in [-0.3, -0.25) is 0 Å². The maximum atomic E-state index is 10.8. The third kappa shape index (κ3) is 1.32. The van der Waals surface area contributed by atoms with Crippen molar-refractivity contribution in [1.29, 1.82) is 0 Å². The molecule has 0 unspecified atom stereocenters. The third-order valence-corrected chi connectivity index (χ3v) is 2.46. The molecule has 1 heterocycles. The molecule has 2 rings (SSSR count). The fourth-order valence-electron chi connectivity index (χ4n) is 1.42. The maximum absolute atomic E-state index is 10.8. The van der Waals surface area contributed by atoms with Gasteiger partial charge in [0.2, 0.25) is 0 Å². The number of nitrogens with two attached hydrogens (primary N) is 1. The van der Waals surface area contributed by atoms with Crippen molar-refractivity contribution in [2.24, 2.45) is 5.73 Å². The number of benzene rings is 1. The average Bonchev–Trinajstić information content (AvgIpc) is 2.46. The van der Waals surface area contributed by atoms with Crippen molar-refractivity contribution in [2.45, 2.75) is 6.04 Å². The molecule has 0 spiro atoms. The van der Waals surface area contributed by atoms with Crippen molar-refractivity contribution in [3.8, 4) is 5.75 Å². The number of hydrogen-bond donors (Lipinski definition) is 2. The summed E-state index contributed by atoms with van der Waals surface area (Å²) in [6, 6.07) is 2.70. The molecule has 74 valence electrons. The zero-order chi connectivity index (χ0) is 10.3. The smallest absolute Gasteiger partial charge is 0.337 e. The summed E-state index contributed by atoms with van der Waals surface area (Å²) in [7, 11) is 0. The Kier molecular flexibility index (Phi) is 2.09. The maximum Gasteiger partial charge on any atom is 0.337 e. The van der Waals surface area contributed by atoms with E-state index in [1.165, 1.54) is 12.1 Å². The van der Waals surface area contributed by atoms with E-state index in [0.29, 0.717) is 17.9 Å². The van der Waals surface area contributed by atoms with Crippen LogP contribution in [0.5, 0.6) is 5.75 Å². The van der Waals surface area contributed by atoms with Crippen LogP contribution >= 0.6 is 11.6 Å². The molecule has 0 saturated carbocycles. The minimum absolute atomic E-state index is 0.0615. The lowest BCUT2D eigenvalue weighted by atomic mass is 10.1. The van der Waals surface area contributed by atoms with E-state index in [2.05, 4.69) is 0 Å². The molecule has 14 heavy (non-hydrogen) atoms. The summed E-state index contributed by atoms with van der Waals surface area (Å²) in [6.07, 6.45) is 0. The van der Waals surface area contributed by atoms with Gasteiger partial charge in [0, 0.05) is 5.56 Å². The van der Waals surface area contributed by atoms with Gasteiger partial charge >= 0.3 is 5.97 Å². The van der Waals surface area contributed by atoms with Crippen molar-refractivity contribution in [3.05, 3.63) is 28.3 Å². The summed E-state index contributed by atoms with van der Waals surface area (Å²) < 4.78 is 5.22. The zero-order valence-corrected chi connectivity index (χ0v) is 7.91. The molecule has 1 aliphatic heterocycles. The first-order chi connectivity index (χ1) is 6.59. The summed E-state index contributed by atoms with van der Waals surface area (Å²) in [5.74, 6) is -0.482. The molecule has 0 fully saturated rings. The Bertz CT molecular complexity index is 405. The van der Waals surface area contributed by atoms with Gasteiger partial charge in [-0.05, 0) is 12.1 Å². The Morgan fingerprint density at radius 2 is 2.36 bits per heavy atom. The molecule has 1 aliphatic rings. The van der Waals surface area contributed by atoms with Gasteiger partial charge < -0.3 is 15.6 Å². The van der Waals surface area contributed by atoms with Crippen LogP contribution in [-0.2, 0) is 0 Å². The fourth-order valence-corrected chi connectivity index (χ4v) is 1.65. The molecule has 0 aromatic heterocycles. The topological polar surface area (TPSA) is 72.5 Å². The van der Waals surface area contributed by atoms with Crippen LogP contribution in [0.25, 0.3) is 0 Å². The number of hydrogen-bond acceptors (Lipinski definition) is 3. The second-order valence-electron chi connectivity index (χ2n) is 3.09. The van der Waals surface area contributed by atoms with Crippen molar-refractivity contribution in [1.82, 2.24) is 0 Å². The SMILES string of the molecule is N[C@@H]1COc2cc(Cl)c(C(=O)O)cc21. The number of halogens is 1. The predicted octanol–water partition coefficient (Wildman–Crippen LogP) is 1.43. The van der Waals surface area contributed by atoms with Crippen LogP contribution in [0.2, 0.25) is 5.02 Å². The van der Waals surface area contributed by atoms with E-state index in [4.69, 9.17) is 27.2 Å². The fraction of sp³-hybridized carbons (Fsp3) is 0.222. The standard InChI is InChI=1S/C9H8ClNO3/c10-6-2-8-5(7(11)3-14-8)1-4(6)9(12)13/h1-2,7H,3,11H2,(H,12,13)/t7-/m1/s1. The van der Waals surface area contributed by atoms with Crippen LogP contribution in [-0.4, -0.2) is 17.7 Å². The predicted molar refractivity (Wildman–Crippen MR) is 50.8 cm³/mol. The van der Waals surface area contributed by atoms with Crippen LogP contribution in [0, 0.1) is 0 Å². The molecule has 3 N–H and O–H groups in total. The summed E-state index contributed by atoms with van der Waals surface area (Å²) >= 11 is 5.75. The number of carbonyl (C=O) groups is 1. The summed E-state index contributed by atoms with van der Waals surface area (Å²) in [4.78, 5) is 10.8. The first-order valence-electron chi connectivity index (χ1n) is 4.04. The van der Waals surface area contributed by atoms with Gasteiger partial charge in [0.05, 0.1) is 16.6 Å². The van der Waals surface area contributed by atoms with E-state index in [1.54, 1.807) is 0 Å². The van der Waals surface area contributed by atoms with Gasteiger partial charge in [0.1, 0.15) is 12.4 Å². The van der Waals surface area contributed by atoms with Gasteiger partial charge in [0.25, 0.3) is 0 Å². The summed E-state index contributed by atoms with van der Waals surface area (Å²) in [5, 5.41) is 8.99. The number of fused-ring (bicyclic) bond motifs is 1. The van der Waals surface area contributed by atoms with E-state index >= 15 is 0 Å². The lowest BCUT2D eigenvalue weighted by Crippen LogP contribution is -2.11. The van der Waals surface area contributed by atoms with Gasteiger partial charge in [-0.1, -0.05) is 11.6 Å². The van der Waals surface area contributed by atoms with Crippen LogP contribution in [0.3, 0.4) is 0 Å². The number of rotatable bonds is 1. The molecule has 0 radical (unpaired) electrons. The summed E-state index contributed by atoms with van der Waals surface area (Å²) in [5.41, 5.74) is 6.47. The van der Waals surface area contributed by atoms with Gasteiger partial charge in [0.15, 0.2) is 0 Å². The minimum Gasteiger partial charge on any atom is -0.491 e. The van der Waals surface area contributed by atoms with Gasteiger partial charge in [-0.25, -0.2) is 4.79 Å². The number of ether oxygens (including phenoxy) is 1. The highest BCUT2D eigenvalue weighted by Crippen LogP contribution is 2.35. The van der Waals surface area contributed by atoms with Crippen LogP contribution in [0.15, 0.2) is 12.1 Å². The van der Waals surface area contributed by atoms with Crippen molar-refractivity contribution in [3.63, 3.8) is 0 Å². The first kappa shape index (κ1) is 9.30. The summed E-state index contributed by atoms with van der Waals surface area (Å²) in [6.45, 7) is 0.370. The molecule has 0 saturated heterocycles. The Morgan fingerprint density at radius 1 is 1.64 bits per heavy atom. The first-order valence-corrected chi connectivity index (χ1v) is 4.42. The largest absolute Gasteiger partial charge is 0.491 e. The van der Waals surface area contributed by atoms with E-state index in [1.807, 2.05) is 0 Å². The van der Waals surface area contributed by atoms with Gasteiger partial charge in [-0.15, -0.1) is 0 Å². The molecule has 1 aromatic rings. The Labute approximate surface area is 85.2 Å². The molecular weight excluding hydrogens is 206 g/mol. The lowest BCUT2D eigenvalue weighted by Gasteiger charge is -2.04. The van der Waals surface area contributed by atoms with Crippen LogP contribution in [0.1, 0.15) is 22.0 Å². The van der Waals surface area contributed by atoms with Crippen LogP contribution < -0.4 is 10.5 Å². The monoisotopic (exact) mass is 213 g/mol. The molecule has 1 atom stereocenters. The Morgan fingerprint density at radius 3 is 3.00 bits per heavy atom. The molecule has 0 amide bonds. The lowest BCUT2D eigenvalue weighted by molar-refractivity contribution is 0.0697. The third-order valence-electron chi connectivity index (χ3n) is 2.15. The van der Waals surface area contributed by atoms with E-state index in [-0.39, 0.29) is 16.6 Å². The Balaban J connectivity index is 2.57. The Hall–Kier alpha value is -1.26. The highest BCUT2D eigenvalue weighted by molar-refractivity contribution is 6.33. The van der Waals surface area contributed by atoms with Crippen molar-refractivity contribution < 1.29 is 14.6 Å². The molecule has 1 aromatic carbocycles. The highest BCUT2D eigenvalue weighted by Gasteiger charge is 2.24. The van der Waals surface area contributed by atoms with E-state index in [0.717, 1.165) is 0 Å². The van der Waals surface area contributed by atoms with E-state index < -0.39 is 5.97 Å². The normalized spacial score (nSPS) is 18.9. The highest BCUT2D eigenvalue weighted by atomic mass is 35.5. The molecular formula is C9H8ClNO3. The van der Waals surface area contributed by atoms with Gasteiger partial charge in [-0.2, -0.15) is 0 Å². The molecule has 0 bridgehead atoms. The van der Waals surface area contributed by atoms with Crippen molar-refractivity contribution >= 4 is 17.6 Å². The second-order valence-corrected chi connectivity index (χ2v) is 3.50. The average molecular weight is 214 g/mol. The van der Waals surface area contributed by atoms with Crippen molar-refractivity contribution in [2.75, 3.05) is 6.61 Å². The number of carboxylic acids is 1. The van der Waals surface area contributed by atoms with E-state index in [9.17, 15) is 4.79 Å². The zero-order valence-electron chi connectivity index (χ0n) is 7.16. The molecule has 0 aliphatic carbocycles. The second kappa shape index (κ2) is 3.15.